The fourth-order valence-electron chi connectivity index (χ4n) is 2.26. The number of hydrogen-bond acceptors (Lipinski definition) is 2. The summed E-state index contributed by atoms with van der Waals surface area (Å²) in [6.07, 6.45) is 1.68. The SMILES string of the molecule is Cc1cc(C)c(CCN(C)CCC#N)c(C)c1. The summed E-state index contributed by atoms with van der Waals surface area (Å²) < 4.78 is 0. The Morgan fingerprint density at radius 1 is 1.12 bits per heavy atom. The van der Waals surface area contributed by atoms with Crippen LogP contribution in [-0.2, 0) is 6.42 Å². The molecule has 0 aliphatic rings. The molecule has 92 valence electrons. The first-order valence-electron chi connectivity index (χ1n) is 6.17. The maximum Gasteiger partial charge on any atom is 0.0635 e. The zero-order chi connectivity index (χ0) is 12.8. The number of nitrogens with zero attached hydrogens (tertiary/aromatic N) is 2. The van der Waals surface area contributed by atoms with Gasteiger partial charge in [0.2, 0.25) is 0 Å². The third-order valence-corrected chi connectivity index (χ3v) is 3.19. The van der Waals surface area contributed by atoms with E-state index in [1.807, 2.05) is 0 Å². The highest BCUT2D eigenvalue weighted by molar-refractivity contribution is 5.37. The van der Waals surface area contributed by atoms with Crippen molar-refractivity contribution in [2.45, 2.75) is 33.6 Å². The first-order chi connectivity index (χ1) is 8.04. The molecule has 0 radical (unpaired) electrons. The van der Waals surface area contributed by atoms with E-state index in [2.05, 4.69) is 50.9 Å². The van der Waals surface area contributed by atoms with E-state index in [-0.39, 0.29) is 0 Å². The second-order valence-corrected chi connectivity index (χ2v) is 4.84. The smallest absolute Gasteiger partial charge is 0.0635 e. The van der Waals surface area contributed by atoms with Crippen LogP contribution in [0.2, 0.25) is 0 Å². The second-order valence-electron chi connectivity index (χ2n) is 4.84. The van der Waals surface area contributed by atoms with Gasteiger partial charge in [0, 0.05) is 19.5 Å². The molecule has 2 heteroatoms. The van der Waals surface area contributed by atoms with E-state index in [1.165, 1.54) is 22.3 Å². The number of aryl methyl sites for hydroxylation is 3. The predicted octanol–water partition coefficient (Wildman–Crippen LogP) is 3.00. The summed E-state index contributed by atoms with van der Waals surface area (Å²) in [4.78, 5) is 2.22. The maximum absolute atomic E-state index is 8.54. The van der Waals surface area contributed by atoms with Gasteiger partial charge in [-0.1, -0.05) is 17.7 Å². The summed E-state index contributed by atoms with van der Waals surface area (Å²) in [5.74, 6) is 0. The summed E-state index contributed by atoms with van der Waals surface area (Å²) in [5, 5.41) is 8.54. The third-order valence-electron chi connectivity index (χ3n) is 3.19. The molecular weight excluding hydrogens is 208 g/mol. The second kappa shape index (κ2) is 6.42. The van der Waals surface area contributed by atoms with Gasteiger partial charge in [-0.25, -0.2) is 0 Å². The molecular formula is C15H22N2. The van der Waals surface area contributed by atoms with Crippen LogP contribution >= 0.6 is 0 Å². The standard InChI is InChI=1S/C15H22N2/c1-12-10-13(2)15(14(3)11-12)6-9-17(4)8-5-7-16/h10-11H,5-6,8-9H2,1-4H3. The first kappa shape index (κ1) is 13.7. The summed E-state index contributed by atoms with van der Waals surface area (Å²) in [7, 11) is 2.08. The Hall–Kier alpha value is -1.33. The van der Waals surface area contributed by atoms with Crippen LogP contribution in [0.3, 0.4) is 0 Å². The molecule has 0 spiro atoms. The fraction of sp³-hybridized carbons (Fsp3) is 0.533. The van der Waals surface area contributed by atoms with Crippen LogP contribution in [0.15, 0.2) is 12.1 Å². The molecule has 0 atom stereocenters. The zero-order valence-corrected chi connectivity index (χ0v) is 11.4. The molecule has 0 bridgehead atoms. The van der Waals surface area contributed by atoms with Gasteiger partial charge in [-0.3, -0.25) is 0 Å². The molecule has 17 heavy (non-hydrogen) atoms. The normalized spacial score (nSPS) is 10.6. The van der Waals surface area contributed by atoms with Gasteiger partial charge in [-0.15, -0.1) is 0 Å². The van der Waals surface area contributed by atoms with Crippen molar-refractivity contribution in [3.05, 3.63) is 34.4 Å². The van der Waals surface area contributed by atoms with Crippen LogP contribution in [0.5, 0.6) is 0 Å². The highest BCUT2D eigenvalue weighted by Gasteiger charge is 2.05. The minimum atomic E-state index is 0.613. The summed E-state index contributed by atoms with van der Waals surface area (Å²) in [5.41, 5.74) is 5.56. The van der Waals surface area contributed by atoms with Gasteiger partial charge in [0.05, 0.1) is 6.07 Å². The van der Waals surface area contributed by atoms with Crippen molar-refractivity contribution in [1.29, 1.82) is 5.26 Å². The third kappa shape index (κ3) is 4.20. The molecule has 2 nitrogen and oxygen atoms in total. The van der Waals surface area contributed by atoms with Crippen molar-refractivity contribution in [3.63, 3.8) is 0 Å². The molecule has 1 rings (SSSR count). The molecule has 1 aromatic carbocycles. The zero-order valence-electron chi connectivity index (χ0n) is 11.4. The topological polar surface area (TPSA) is 27.0 Å². The summed E-state index contributed by atoms with van der Waals surface area (Å²) in [6.45, 7) is 8.39. The first-order valence-corrected chi connectivity index (χ1v) is 6.17. The van der Waals surface area contributed by atoms with Crippen molar-refractivity contribution in [2.75, 3.05) is 20.1 Å². The van der Waals surface area contributed by atoms with Gasteiger partial charge < -0.3 is 4.90 Å². The Kier molecular flexibility index (Phi) is 5.18. The molecule has 1 aromatic rings. The molecule has 0 fully saturated rings. The van der Waals surface area contributed by atoms with Gasteiger partial charge in [0.15, 0.2) is 0 Å². The van der Waals surface area contributed by atoms with Crippen LogP contribution in [0.25, 0.3) is 0 Å². The van der Waals surface area contributed by atoms with Crippen LogP contribution < -0.4 is 0 Å². The molecule has 0 aliphatic carbocycles. The monoisotopic (exact) mass is 230 g/mol. The molecule has 0 unspecified atom stereocenters. The van der Waals surface area contributed by atoms with E-state index in [4.69, 9.17) is 5.26 Å². The van der Waals surface area contributed by atoms with E-state index in [0.717, 1.165) is 19.5 Å². The van der Waals surface area contributed by atoms with Crippen LogP contribution in [-0.4, -0.2) is 25.0 Å². The fourth-order valence-corrected chi connectivity index (χ4v) is 2.26. The van der Waals surface area contributed by atoms with Gasteiger partial charge in [-0.05, 0) is 50.9 Å². The van der Waals surface area contributed by atoms with E-state index in [0.29, 0.717) is 6.42 Å². The Labute approximate surface area is 105 Å². The largest absolute Gasteiger partial charge is 0.305 e. The molecule has 0 amide bonds. The number of nitriles is 1. The lowest BCUT2D eigenvalue weighted by atomic mass is 9.97. The Bertz CT molecular complexity index is 392. The summed E-state index contributed by atoms with van der Waals surface area (Å²) in [6, 6.07) is 6.68. The van der Waals surface area contributed by atoms with E-state index in [9.17, 15) is 0 Å². The average molecular weight is 230 g/mol. The van der Waals surface area contributed by atoms with Crippen LogP contribution in [0.4, 0.5) is 0 Å². The van der Waals surface area contributed by atoms with E-state index in [1.54, 1.807) is 0 Å². The Morgan fingerprint density at radius 3 is 2.24 bits per heavy atom. The van der Waals surface area contributed by atoms with Crippen molar-refractivity contribution in [1.82, 2.24) is 4.90 Å². The highest BCUT2D eigenvalue weighted by Crippen LogP contribution is 2.17. The van der Waals surface area contributed by atoms with Crippen molar-refractivity contribution in [2.24, 2.45) is 0 Å². The van der Waals surface area contributed by atoms with Gasteiger partial charge in [0.25, 0.3) is 0 Å². The lowest BCUT2D eigenvalue weighted by Gasteiger charge is -2.17. The lowest BCUT2D eigenvalue weighted by Crippen LogP contribution is -2.22. The molecule has 0 heterocycles. The molecule has 0 saturated heterocycles. The number of likely N-dealkylation sites (N-methyl/N-ethyl adjacent to an activating group) is 1. The van der Waals surface area contributed by atoms with E-state index < -0.39 is 0 Å². The number of rotatable bonds is 5. The van der Waals surface area contributed by atoms with Crippen molar-refractivity contribution >= 4 is 0 Å². The van der Waals surface area contributed by atoms with Crippen LogP contribution in [0, 0.1) is 32.1 Å². The molecule has 0 aromatic heterocycles. The minimum absolute atomic E-state index is 0.613. The van der Waals surface area contributed by atoms with Crippen molar-refractivity contribution < 1.29 is 0 Å². The van der Waals surface area contributed by atoms with Gasteiger partial charge in [0.1, 0.15) is 0 Å². The number of hydrogen-bond donors (Lipinski definition) is 0. The van der Waals surface area contributed by atoms with Crippen LogP contribution in [0.1, 0.15) is 28.7 Å². The minimum Gasteiger partial charge on any atom is -0.305 e. The quantitative estimate of drug-likeness (QED) is 0.777. The van der Waals surface area contributed by atoms with Gasteiger partial charge in [-0.2, -0.15) is 5.26 Å². The van der Waals surface area contributed by atoms with Gasteiger partial charge >= 0.3 is 0 Å². The van der Waals surface area contributed by atoms with E-state index >= 15 is 0 Å². The Morgan fingerprint density at radius 2 is 1.71 bits per heavy atom. The van der Waals surface area contributed by atoms with Crippen molar-refractivity contribution in [3.8, 4) is 6.07 Å². The maximum atomic E-state index is 8.54. The molecule has 0 saturated carbocycles. The molecule has 0 aliphatic heterocycles. The predicted molar refractivity (Wildman–Crippen MR) is 72.1 cm³/mol. The average Bonchev–Trinajstić information content (AvgIpc) is 2.24. The number of benzene rings is 1. The molecule has 0 N–H and O–H groups in total. The summed E-state index contributed by atoms with van der Waals surface area (Å²) >= 11 is 0. The highest BCUT2D eigenvalue weighted by atomic mass is 15.1. The Balaban J connectivity index is 2.61. The lowest BCUT2D eigenvalue weighted by molar-refractivity contribution is 0.346.